The molecule has 0 radical (unpaired) electrons. The van der Waals surface area contributed by atoms with Crippen LogP contribution < -0.4 is 34.2 Å². The summed E-state index contributed by atoms with van der Waals surface area (Å²) in [5, 5.41) is 10.5. The summed E-state index contributed by atoms with van der Waals surface area (Å²) in [5.41, 5.74) is 7.52. The molecule has 2 aromatic carbocycles. The number of rotatable bonds is 16. The number of nitriles is 1. The lowest BCUT2D eigenvalue weighted by atomic mass is 9.74. The van der Waals surface area contributed by atoms with E-state index < -0.39 is 5.41 Å². The monoisotopic (exact) mass is 514 g/mol. The van der Waals surface area contributed by atoms with E-state index in [4.69, 9.17) is 34.2 Å². The summed E-state index contributed by atoms with van der Waals surface area (Å²) >= 11 is 0. The standard InChI is InChI=1S/C29H42N2O6/c1-8-29(19-30,15-11-12-21(31)16-20-13-14-23(32-4)24(17-20)33-5)22-18-25(36-9-2)27(34-6)28(35-7)26(22)37-10-3/h13-14,17-18,21H,8-12,15-16,31H2,1-7H3. The zero-order valence-corrected chi connectivity index (χ0v) is 23.3. The van der Waals surface area contributed by atoms with E-state index in [1.54, 1.807) is 28.4 Å². The lowest BCUT2D eigenvalue weighted by Gasteiger charge is -2.30. The van der Waals surface area contributed by atoms with Gasteiger partial charge in [-0.25, -0.2) is 0 Å². The van der Waals surface area contributed by atoms with Crippen molar-refractivity contribution < 1.29 is 28.4 Å². The van der Waals surface area contributed by atoms with Crippen LogP contribution in [-0.4, -0.2) is 47.7 Å². The summed E-state index contributed by atoms with van der Waals surface area (Å²) in [6.45, 7) is 6.68. The molecule has 2 rings (SSSR count). The third kappa shape index (κ3) is 6.92. The quantitative estimate of drug-likeness (QED) is 0.316. The van der Waals surface area contributed by atoms with Crippen molar-refractivity contribution in [2.24, 2.45) is 5.73 Å². The topological polar surface area (TPSA) is 105 Å². The van der Waals surface area contributed by atoms with Gasteiger partial charge in [-0.05, 0) is 69.7 Å². The summed E-state index contributed by atoms with van der Waals surface area (Å²) in [6.07, 6.45) is 3.42. The largest absolute Gasteiger partial charge is 0.493 e. The highest BCUT2D eigenvalue weighted by Gasteiger charge is 2.37. The Morgan fingerprint density at radius 3 is 2.05 bits per heavy atom. The molecule has 2 N–H and O–H groups in total. The highest BCUT2D eigenvalue weighted by atomic mass is 16.5. The van der Waals surface area contributed by atoms with E-state index in [9.17, 15) is 5.26 Å². The maximum absolute atomic E-state index is 10.5. The summed E-state index contributed by atoms with van der Waals surface area (Å²) in [7, 11) is 6.36. The molecule has 0 aliphatic heterocycles. The van der Waals surface area contributed by atoms with Crippen LogP contribution in [0.3, 0.4) is 0 Å². The maximum atomic E-state index is 10.5. The molecule has 0 saturated carbocycles. The lowest BCUT2D eigenvalue weighted by molar-refractivity contribution is 0.268. The first-order chi connectivity index (χ1) is 17.9. The zero-order chi connectivity index (χ0) is 27.4. The fourth-order valence-electron chi connectivity index (χ4n) is 4.66. The molecule has 2 atom stereocenters. The summed E-state index contributed by atoms with van der Waals surface area (Å²) in [6, 6.07) is 10.2. The number of hydrogen-bond acceptors (Lipinski definition) is 8. The highest BCUT2D eigenvalue weighted by Crippen LogP contribution is 2.52. The van der Waals surface area contributed by atoms with E-state index in [1.807, 2.05) is 45.0 Å². The number of benzene rings is 2. The lowest BCUT2D eigenvalue weighted by Crippen LogP contribution is -2.27. The van der Waals surface area contributed by atoms with Crippen LogP contribution in [0, 0.1) is 11.3 Å². The normalized spacial score (nSPS) is 13.2. The van der Waals surface area contributed by atoms with Gasteiger partial charge in [-0.1, -0.05) is 13.0 Å². The van der Waals surface area contributed by atoms with Crippen LogP contribution in [-0.2, 0) is 11.8 Å². The van der Waals surface area contributed by atoms with Crippen molar-refractivity contribution in [3.05, 3.63) is 35.4 Å². The summed E-state index contributed by atoms with van der Waals surface area (Å²) in [4.78, 5) is 0. The first-order valence-corrected chi connectivity index (χ1v) is 12.8. The second-order valence-corrected chi connectivity index (χ2v) is 8.78. The molecule has 2 aromatic rings. The van der Waals surface area contributed by atoms with Gasteiger partial charge in [0.15, 0.2) is 23.0 Å². The fraction of sp³-hybridized carbons (Fsp3) is 0.552. The van der Waals surface area contributed by atoms with Gasteiger partial charge < -0.3 is 34.2 Å². The van der Waals surface area contributed by atoms with Gasteiger partial charge in [0.2, 0.25) is 11.5 Å². The van der Waals surface area contributed by atoms with Gasteiger partial charge in [-0.3, -0.25) is 0 Å². The van der Waals surface area contributed by atoms with E-state index in [0.29, 0.717) is 67.0 Å². The van der Waals surface area contributed by atoms with Gasteiger partial charge in [0.05, 0.1) is 53.1 Å². The Morgan fingerprint density at radius 2 is 1.51 bits per heavy atom. The number of nitrogens with zero attached hydrogens (tertiary/aromatic N) is 1. The molecule has 8 heteroatoms. The molecular weight excluding hydrogens is 472 g/mol. The molecule has 0 aromatic heterocycles. The second-order valence-electron chi connectivity index (χ2n) is 8.78. The summed E-state index contributed by atoms with van der Waals surface area (Å²) < 4.78 is 33.9. The Hall–Kier alpha value is -3.31. The van der Waals surface area contributed by atoms with Crippen molar-refractivity contribution in [3.8, 4) is 40.6 Å². The van der Waals surface area contributed by atoms with Crippen molar-refractivity contribution in [1.29, 1.82) is 5.26 Å². The van der Waals surface area contributed by atoms with Gasteiger partial charge >= 0.3 is 0 Å². The second kappa shape index (κ2) is 14.4. The molecule has 0 heterocycles. The molecule has 2 unspecified atom stereocenters. The van der Waals surface area contributed by atoms with Gasteiger partial charge in [-0.2, -0.15) is 5.26 Å². The van der Waals surface area contributed by atoms with Gasteiger partial charge in [0.1, 0.15) is 0 Å². The average molecular weight is 515 g/mol. The Bertz CT molecular complexity index is 1050. The van der Waals surface area contributed by atoms with Gasteiger partial charge in [0, 0.05) is 11.6 Å². The van der Waals surface area contributed by atoms with Crippen LogP contribution >= 0.6 is 0 Å². The van der Waals surface area contributed by atoms with Crippen molar-refractivity contribution in [3.63, 3.8) is 0 Å². The van der Waals surface area contributed by atoms with E-state index in [1.165, 1.54) is 0 Å². The molecule has 0 saturated heterocycles. The third-order valence-corrected chi connectivity index (χ3v) is 6.61. The first kappa shape index (κ1) is 29.9. The molecule has 0 spiro atoms. The molecule has 204 valence electrons. The molecule has 8 nitrogen and oxygen atoms in total. The molecule has 0 bridgehead atoms. The minimum absolute atomic E-state index is 0.0675. The van der Waals surface area contributed by atoms with Crippen LogP contribution in [0.25, 0.3) is 0 Å². The maximum Gasteiger partial charge on any atom is 0.207 e. The average Bonchev–Trinajstić information content (AvgIpc) is 2.91. The predicted octanol–water partition coefficient (Wildman–Crippen LogP) is 5.43. The zero-order valence-electron chi connectivity index (χ0n) is 23.3. The molecule has 0 aliphatic rings. The first-order valence-electron chi connectivity index (χ1n) is 12.8. The van der Waals surface area contributed by atoms with Crippen molar-refractivity contribution >= 4 is 0 Å². The number of ether oxygens (including phenoxy) is 6. The highest BCUT2D eigenvalue weighted by molar-refractivity contribution is 5.65. The van der Waals surface area contributed by atoms with Crippen LogP contribution in [0.1, 0.15) is 57.6 Å². The van der Waals surface area contributed by atoms with E-state index in [2.05, 4.69) is 6.07 Å². The predicted molar refractivity (Wildman–Crippen MR) is 145 cm³/mol. The molecular formula is C29H42N2O6. The van der Waals surface area contributed by atoms with Crippen LogP contribution in [0.5, 0.6) is 34.5 Å². The molecule has 0 amide bonds. The van der Waals surface area contributed by atoms with Crippen LogP contribution in [0.2, 0.25) is 0 Å². The Labute approximate surface area is 221 Å². The van der Waals surface area contributed by atoms with Gasteiger partial charge in [-0.15, -0.1) is 0 Å². The minimum atomic E-state index is -0.807. The number of hydrogen-bond donors (Lipinski definition) is 1. The van der Waals surface area contributed by atoms with Crippen LogP contribution in [0.4, 0.5) is 0 Å². The number of methoxy groups -OCH3 is 4. The molecule has 0 aliphatic carbocycles. The van der Waals surface area contributed by atoms with Crippen molar-refractivity contribution in [2.45, 2.75) is 64.3 Å². The van der Waals surface area contributed by atoms with Crippen LogP contribution in [0.15, 0.2) is 24.3 Å². The number of nitrogens with two attached hydrogens (primary N) is 1. The van der Waals surface area contributed by atoms with E-state index in [-0.39, 0.29) is 6.04 Å². The fourth-order valence-corrected chi connectivity index (χ4v) is 4.66. The summed E-state index contributed by atoms with van der Waals surface area (Å²) in [5.74, 6) is 3.30. The SMILES string of the molecule is CCOc1cc(C(C#N)(CC)CCCC(N)Cc2ccc(OC)c(OC)c2)c(OCC)c(OC)c1OC. The van der Waals surface area contributed by atoms with Crippen molar-refractivity contribution in [2.75, 3.05) is 41.7 Å². The molecule has 37 heavy (non-hydrogen) atoms. The Kier molecular flexibility index (Phi) is 11.7. The minimum Gasteiger partial charge on any atom is -0.493 e. The molecule has 0 fully saturated rings. The van der Waals surface area contributed by atoms with Gasteiger partial charge in [0.25, 0.3) is 0 Å². The van der Waals surface area contributed by atoms with E-state index >= 15 is 0 Å². The van der Waals surface area contributed by atoms with Crippen molar-refractivity contribution in [1.82, 2.24) is 0 Å². The Balaban J connectivity index is 2.31. The van der Waals surface area contributed by atoms with E-state index in [0.717, 1.165) is 24.0 Å². The third-order valence-electron chi connectivity index (χ3n) is 6.61. The Morgan fingerprint density at radius 1 is 0.838 bits per heavy atom. The smallest absolute Gasteiger partial charge is 0.207 e.